The molecule has 1 amide bonds. The molecule has 1 aromatic heterocycles. The van der Waals surface area contributed by atoms with E-state index in [2.05, 4.69) is 15.3 Å². The minimum atomic E-state index is -3.72. The molecule has 1 N–H and O–H groups in total. The van der Waals surface area contributed by atoms with Crippen molar-refractivity contribution in [3.05, 3.63) is 36.8 Å². The fourth-order valence-electron chi connectivity index (χ4n) is 3.36. The number of sulfonamides is 1. The number of nitrogens with one attached hydrogen (secondary N) is 1. The van der Waals surface area contributed by atoms with Crippen LogP contribution in [-0.2, 0) is 14.8 Å². The first-order valence-corrected chi connectivity index (χ1v) is 11.3. The molecule has 0 radical (unpaired) electrons. The lowest BCUT2D eigenvalue weighted by Gasteiger charge is -2.32. The number of nitrogens with zero attached hydrogens (tertiary/aromatic N) is 4. The van der Waals surface area contributed by atoms with Crippen LogP contribution in [0.25, 0.3) is 0 Å². The van der Waals surface area contributed by atoms with Gasteiger partial charge in [-0.1, -0.05) is 0 Å². The smallest absolute Gasteiger partial charge is 0.246 e. The topological polar surface area (TPSA) is 105 Å². The normalized spacial score (nSPS) is 17.1. The van der Waals surface area contributed by atoms with Crippen LogP contribution in [-0.4, -0.2) is 62.4 Å². The van der Waals surface area contributed by atoms with Gasteiger partial charge in [0.2, 0.25) is 15.9 Å². The molecule has 1 atom stereocenters. The highest BCUT2D eigenvalue weighted by Crippen LogP contribution is 2.30. The molecular formula is C20H27N5O4S. The summed E-state index contributed by atoms with van der Waals surface area (Å²) in [7, 11) is -0.809. The predicted octanol–water partition coefficient (Wildman–Crippen LogP) is 1.98. The first kappa shape index (κ1) is 22.0. The molecular weight excluding hydrogens is 406 g/mol. The maximum Gasteiger partial charge on any atom is 0.246 e. The van der Waals surface area contributed by atoms with Crippen molar-refractivity contribution in [3.63, 3.8) is 0 Å². The fraction of sp³-hybridized carbons (Fsp3) is 0.450. The summed E-state index contributed by atoms with van der Waals surface area (Å²) in [4.78, 5) is 23.4. The van der Waals surface area contributed by atoms with Crippen LogP contribution in [0.5, 0.6) is 5.75 Å². The standard InChI is InChI=1S/C20H27N5O4S/c1-4-29-17-8-7-16(12-18(17)30(27,28)24(2)3)23-20(26)15-6-5-11-25(14-15)19-13-21-9-10-22-19/h7-10,12-13,15H,4-6,11,14H2,1-3H3,(H,23,26). The van der Waals surface area contributed by atoms with Crippen LogP contribution in [0.4, 0.5) is 11.5 Å². The second kappa shape index (κ2) is 9.40. The number of rotatable bonds is 7. The third-order valence-corrected chi connectivity index (χ3v) is 6.77. The monoisotopic (exact) mass is 433 g/mol. The molecule has 2 heterocycles. The molecule has 0 bridgehead atoms. The van der Waals surface area contributed by atoms with Crippen LogP contribution in [0.15, 0.2) is 41.7 Å². The van der Waals surface area contributed by atoms with Crippen molar-refractivity contribution in [1.82, 2.24) is 14.3 Å². The summed E-state index contributed by atoms with van der Waals surface area (Å²) in [6.07, 6.45) is 6.54. The Morgan fingerprint density at radius 2 is 2.13 bits per heavy atom. The minimum Gasteiger partial charge on any atom is -0.492 e. The van der Waals surface area contributed by atoms with Crippen LogP contribution in [0.1, 0.15) is 19.8 Å². The van der Waals surface area contributed by atoms with Crippen LogP contribution in [0.2, 0.25) is 0 Å². The SMILES string of the molecule is CCOc1ccc(NC(=O)C2CCCN(c3cnccn3)C2)cc1S(=O)(=O)N(C)C. The van der Waals surface area contributed by atoms with Gasteiger partial charge in [0.05, 0.1) is 18.7 Å². The molecule has 2 aromatic rings. The zero-order valence-electron chi connectivity index (χ0n) is 17.4. The first-order valence-electron chi connectivity index (χ1n) is 9.84. The Balaban J connectivity index is 1.78. The number of anilines is 2. The molecule has 1 aromatic carbocycles. The number of hydrogen-bond acceptors (Lipinski definition) is 7. The molecule has 3 rings (SSSR count). The number of benzene rings is 1. The molecule has 0 spiro atoms. The zero-order chi connectivity index (χ0) is 21.7. The number of hydrogen-bond donors (Lipinski definition) is 1. The van der Waals surface area contributed by atoms with E-state index in [1.165, 1.54) is 20.2 Å². The summed E-state index contributed by atoms with van der Waals surface area (Å²) in [5.74, 6) is 0.619. The van der Waals surface area contributed by atoms with E-state index in [0.717, 1.165) is 29.5 Å². The van der Waals surface area contributed by atoms with E-state index in [-0.39, 0.29) is 22.5 Å². The summed E-state index contributed by atoms with van der Waals surface area (Å²) in [6.45, 7) is 3.47. The van der Waals surface area contributed by atoms with Gasteiger partial charge >= 0.3 is 0 Å². The average Bonchev–Trinajstić information content (AvgIpc) is 2.75. The molecule has 0 saturated carbocycles. The van der Waals surface area contributed by atoms with Gasteiger partial charge < -0.3 is 15.0 Å². The van der Waals surface area contributed by atoms with Crippen molar-refractivity contribution in [2.45, 2.75) is 24.7 Å². The summed E-state index contributed by atoms with van der Waals surface area (Å²) < 4.78 is 32.0. The van der Waals surface area contributed by atoms with Crippen molar-refractivity contribution < 1.29 is 17.9 Å². The number of aromatic nitrogens is 2. The van der Waals surface area contributed by atoms with E-state index in [9.17, 15) is 13.2 Å². The van der Waals surface area contributed by atoms with Crippen LogP contribution < -0.4 is 15.0 Å². The molecule has 1 aliphatic rings. The molecule has 10 heteroatoms. The van der Waals surface area contributed by atoms with Crippen molar-refractivity contribution in [1.29, 1.82) is 0 Å². The summed E-state index contributed by atoms with van der Waals surface area (Å²) in [5.41, 5.74) is 0.417. The van der Waals surface area contributed by atoms with Gasteiger partial charge in [0.15, 0.2) is 0 Å². The predicted molar refractivity (Wildman–Crippen MR) is 114 cm³/mol. The van der Waals surface area contributed by atoms with Gasteiger partial charge in [-0.25, -0.2) is 17.7 Å². The maximum atomic E-state index is 12.9. The second-order valence-electron chi connectivity index (χ2n) is 7.22. The third kappa shape index (κ3) is 4.88. The van der Waals surface area contributed by atoms with Crippen molar-refractivity contribution in [2.24, 2.45) is 5.92 Å². The van der Waals surface area contributed by atoms with E-state index in [1.807, 2.05) is 4.90 Å². The van der Waals surface area contributed by atoms with Gasteiger partial charge in [-0.05, 0) is 38.0 Å². The molecule has 0 aliphatic carbocycles. The van der Waals surface area contributed by atoms with E-state index in [1.54, 1.807) is 37.6 Å². The third-order valence-electron chi connectivity index (χ3n) is 4.94. The Hall–Kier alpha value is -2.72. The van der Waals surface area contributed by atoms with Crippen molar-refractivity contribution >= 4 is 27.4 Å². The minimum absolute atomic E-state index is 0.0250. The highest BCUT2D eigenvalue weighted by atomic mass is 32.2. The molecule has 30 heavy (non-hydrogen) atoms. The van der Waals surface area contributed by atoms with Gasteiger partial charge in [0.25, 0.3) is 0 Å². The molecule has 1 aliphatic heterocycles. The number of piperidine rings is 1. The summed E-state index contributed by atoms with van der Waals surface area (Å²) in [5, 5.41) is 2.86. The largest absolute Gasteiger partial charge is 0.492 e. The van der Waals surface area contributed by atoms with E-state index < -0.39 is 10.0 Å². The van der Waals surface area contributed by atoms with Gasteiger partial charge in [-0.2, -0.15) is 0 Å². The fourth-order valence-corrected chi connectivity index (χ4v) is 4.41. The van der Waals surface area contributed by atoms with Crippen molar-refractivity contribution in [2.75, 3.05) is 44.0 Å². The Morgan fingerprint density at radius 1 is 1.33 bits per heavy atom. The summed E-state index contributed by atoms with van der Waals surface area (Å²) in [6, 6.07) is 4.67. The lowest BCUT2D eigenvalue weighted by molar-refractivity contribution is -0.120. The molecule has 1 saturated heterocycles. The number of carbonyl (C=O) groups is 1. The highest BCUT2D eigenvalue weighted by molar-refractivity contribution is 7.89. The lowest BCUT2D eigenvalue weighted by Crippen LogP contribution is -2.41. The van der Waals surface area contributed by atoms with Crippen molar-refractivity contribution in [3.8, 4) is 5.75 Å². The number of carbonyl (C=O) groups excluding carboxylic acids is 1. The van der Waals surface area contributed by atoms with E-state index >= 15 is 0 Å². The molecule has 1 fully saturated rings. The maximum absolute atomic E-state index is 12.9. The number of amides is 1. The van der Waals surface area contributed by atoms with E-state index in [0.29, 0.717) is 18.8 Å². The van der Waals surface area contributed by atoms with Gasteiger partial charge in [-0.15, -0.1) is 0 Å². The van der Waals surface area contributed by atoms with E-state index in [4.69, 9.17) is 4.74 Å². The quantitative estimate of drug-likeness (QED) is 0.712. The van der Waals surface area contributed by atoms with Crippen LogP contribution in [0.3, 0.4) is 0 Å². The Morgan fingerprint density at radius 3 is 2.80 bits per heavy atom. The Bertz CT molecular complexity index is 982. The Kier molecular flexibility index (Phi) is 6.88. The van der Waals surface area contributed by atoms with Gasteiger partial charge in [0.1, 0.15) is 16.5 Å². The second-order valence-corrected chi connectivity index (χ2v) is 9.34. The van der Waals surface area contributed by atoms with Crippen LogP contribution >= 0.6 is 0 Å². The van der Waals surface area contributed by atoms with Gasteiger partial charge in [0, 0.05) is 45.3 Å². The summed E-state index contributed by atoms with van der Waals surface area (Å²) >= 11 is 0. The lowest BCUT2D eigenvalue weighted by atomic mass is 9.97. The highest BCUT2D eigenvalue weighted by Gasteiger charge is 2.28. The van der Waals surface area contributed by atoms with Crippen LogP contribution in [0, 0.1) is 5.92 Å². The Labute approximate surface area is 177 Å². The average molecular weight is 434 g/mol. The zero-order valence-corrected chi connectivity index (χ0v) is 18.2. The van der Waals surface area contributed by atoms with Gasteiger partial charge in [-0.3, -0.25) is 9.78 Å². The molecule has 162 valence electrons. The molecule has 1 unspecified atom stereocenters. The number of ether oxygens (including phenoxy) is 1. The molecule has 9 nitrogen and oxygen atoms in total. The first-order chi connectivity index (χ1) is 14.3.